The van der Waals surface area contributed by atoms with Gasteiger partial charge in [0.1, 0.15) is 0 Å². The molecular formula is C15H31IOSi. The average Bonchev–Trinajstić information content (AvgIpc) is 2.24. The molecular weight excluding hydrogens is 351 g/mol. The summed E-state index contributed by atoms with van der Waals surface area (Å²) in [5.41, 5.74) is 0.273. The van der Waals surface area contributed by atoms with Crippen LogP contribution in [0.2, 0.25) is 13.1 Å². The standard InChI is InChI=1S/C15H31IOSi/c1-7-9-13(12-16)10-8-11-14(15(2,3)4)17-18(5)6/h7,13-14,18H,1,8-12H2,2-6H3/t13-,14?/m1/s1. The van der Waals surface area contributed by atoms with Crippen LogP contribution in [-0.4, -0.2) is 19.6 Å². The van der Waals surface area contributed by atoms with Crippen molar-refractivity contribution in [1.29, 1.82) is 0 Å². The summed E-state index contributed by atoms with van der Waals surface area (Å²) in [5, 5.41) is 0. The molecule has 3 heteroatoms. The topological polar surface area (TPSA) is 9.23 Å². The van der Waals surface area contributed by atoms with Crippen LogP contribution in [0.3, 0.4) is 0 Å². The molecule has 0 fully saturated rings. The highest BCUT2D eigenvalue weighted by Gasteiger charge is 2.25. The number of allylic oxidation sites excluding steroid dienone is 1. The van der Waals surface area contributed by atoms with Gasteiger partial charge in [0.05, 0.1) is 0 Å². The van der Waals surface area contributed by atoms with Gasteiger partial charge in [-0.15, -0.1) is 6.58 Å². The zero-order valence-electron chi connectivity index (χ0n) is 12.8. The molecule has 0 spiro atoms. The fraction of sp³-hybridized carbons (Fsp3) is 0.867. The highest BCUT2D eigenvalue weighted by molar-refractivity contribution is 14.1. The van der Waals surface area contributed by atoms with Crippen molar-refractivity contribution in [3.05, 3.63) is 12.7 Å². The van der Waals surface area contributed by atoms with E-state index in [4.69, 9.17) is 4.43 Å². The largest absolute Gasteiger partial charge is 0.417 e. The Morgan fingerprint density at radius 1 is 1.28 bits per heavy atom. The van der Waals surface area contributed by atoms with E-state index >= 15 is 0 Å². The molecule has 18 heavy (non-hydrogen) atoms. The van der Waals surface area contributed by atoms with Crippen molar-refractivity contribution in [3.8, 4) is 0 Å². The molecule has 0 rings (SSSR count). The van der Waals surface area contributed by atoms with E-state index in [0.717, 1.165) is 12.3 Å². The highest BCUT2D eigenvalue weighted by atomic mass is 127. The first-order chi connectivity index (χ1) is 8.31. The number of hydrogen-bond acceptors (Lipinski definition) is 1. The molecule has 2 atom stereocenters. The minimum Gasteiger partial charge on any atom is -0.417 e. The number of halogens is 1. The van der Waals surface area contributed by atoms with E-state index in [-0.39, 0.29) is 5.41 Å². The van der Waals surface area contributed by atoms with Gasteiger partial charge in [0.15, 0.2) is 9.04 Å². The van der Waals surface area contributed by atoms with Gasteiger partial charge in [-0.3, -0.25) is 0 Å². The van der Waals surface area contributed by atoms with Gasteiger partial charge >= 0.3 is 0 Å². The van der Waals surface area contributed by atoms with Crippen molar-refractivity contribution in [2.75, 3.05) is 4.43 Å². The van der Waals surface area contributed by atoms with Crippen LogP contribution >= 0.6 is 22.6 Å². The lowest BCUT2D eigenvalue weighted by molar-refractivity contribution is 0.0751. The van der Waals surface area contributed by atoms with E-state index < -0.39 is 9.04 Å². The summed E-state index contributed by atoms with van der Waals surface area (Å²) in [6.07, 6.45) is 7.45. The second kappa shape index (κ2) is 9.53. The average molecular weight is 382 g/mol. The quantitative estimate of drug-likeness (QED) is 0.231. The maximum absolute atomic E-state index is 6.21. The first kappa shape index (κ1) is 18.6. The molecule has 0 aliphatic carbocycles. The smallest absolute Gasteiger partial charge is 0.171 e. The Hall–Kier alpha value is 0.647. The van der Waals surface area contributed by atoms with Crippen LogP contribution in [0.15, 0.2) is 12.7 Å². The van der Waals surface area contributed by atoms with E-state index in [1.807, 2.05) is 0 Å². The number of hydrogen-bond donors (Lipinski definition) is 0. The number of alkyl halides is 1. The third-order valence-electron chi connectivity index (χ3n) is 3.20. The number of rotatable bonds is 9. The second-order valence-corrected chi connectivity index (χ2v) is 9.77. The summed E-state index contributed by atoms with van der Waals surface area (Å²) >= 11 is 2.49. The molecule has 0 saturated carbocycles. The molecule has 0 heterocycles. The zero-order valence-corrected chi connectivity index (χ0v) is 16.2. The first-order valence-corrected chi connectivity index (χ1v) is 11.4. The molecule has 0 aliphatic rings. The molecule has 1 unspecified atom stereocenters. The summed E-state index contributed by atoms with van der Waals surface area (Å²) in [7, 11) is -0.934. The molecule has 0 aliphatic heterocycles. The summed E-state index contributed by atoms with van der Waals surface area (Å²) < 4.78 is 7.45. The highest BCUT2D eigenvalue weighted by Crippen LogP contribution is 2.28. The second-order valence-electron chi connectivity index (χ2n) is 6.52. The molecule has 1 nitrogen and oxygen atoms in total. The van der Waals surface area contributed by atoms with Crippen LogP contribution in [0.5, 0.6) is 0 Å². The van der Waals surface area contributed by atoms with Crippen molar-refractivity contribution >= 4 is 31.6 Å². The van der Waals surface area contributed by atoms with Gasteiger partial charge in [-0.2, -0.15) is 0 Å². The molecule has 0 saturated heterocycles. The van der Waals surface area contributed by atoms with Crippen LogP contribution in [0, 0.1) is 11.3 Å². The SMILES string of the molecule is C=CC[C@@H](CI)CCCC(O[SiH](C)C)C(C)(C)C. The van der Waals surface area contributed by atoms with Crippen LogP contribution in [0.1, 0.15) is 46.5 Å². The lowest BCUT2D eigenvalue weighted by Gasteiger charge is -2.33. The van der Waals surface area contributed by atoms with Gasteiger partial charge in [-0.1, -0.05) is 55.9 Å². The van der Waals surface area contributed by atoms with Gasteiger partial charge in [-0.25, -0.2) is 0 Å². The molecule has 0 aromatic rings. The van der Waals surface area contributed by atoms with Crippen LogP contribution in [0.25, 0.3) is 0 Å². The van der Waals surface area contributed by atoms with E-state index in [0.29, 0.717) is 6.10 Å². The van der Waals surface area contributed by atoms with Crippen LogP contribution in [-0.2, 0) is 4.43 Å². The van der Waals surface area contributed by atoms with Crippen molar-refractivity contribution in [1.82, 2.24) is 0 Å². The summed E-state index contributed by atoms with van der Waals surface area (Å²) in [6, 6.07) is 0. The Morgan fingerprint density at radius 3 is 2.28 bits per heavy atom. The van der Waals surface area contributed by atoms with Crippen molar-refractivity contribution in [2.24, 2.45) is 11.3 Å². The van der Waals surface area contributed by atoms with Gasteiger partial charge in [-0.05, 0) is 43.7 Å². The lowest BCUT2D eigenvalue weighted by Crippen LogP contribution is -2.33. The third kappa shape index (κ3) is 8.70. The predicted molar refractivity (Wildman–Crippen MR) is 94.2 cm³/mol. The Labute approximate surface area is 130 Å². The Morgan fingerprint density at radius 2 is 1.89 bits per heavy atom. The van der Waals surface area contributed by atoms with Gasteiger partial charge in [0.2, 0.25) is 0 Å². The van der Waals surface area contributed by atoms with Gasteiger partial charge in [0, 0.05) is 10.5 Å². The van der Waals surface area contributed by atoms with Crippen molar-refractivity contribution in [2.45, 2.75) is 65.7 Å². The first-order valence-electron chi connectivity index (χ1n) is 7.13. The van der Waals surface area contributed by atoms with Crippen LogP contribution in [0.4, 0.5) is 0 Å². The Balaban J connectivity index is 4.14. The molecule has 0 aromatic carbocycles. The zero-order chi connectivity index (χ0) is 14.2. The predicted octanol–water partition coefficient (Wildman–Crippen LogP) is 5.20. The van der Waals surface area contributed by atoms with Crippen molar-refractivity contribution in [3.63, 3.8) is 0 Å². The third-order valence-corrected chi connectivity index (χ3v) is 5.32. The summed E-state index contributed by atoms with van der Waals surface area (Å²) in [5.74, 6) is 0.806. The summed E-state index contributed by atoms with van der Waals surface area (Å²) in [6.45, 7) is 15.3. The van der Waals surface area contributed by atoms with E-state index in [9.17, 15) is 0 Å². The Kier molecular flexibility index (Phi) is 9.88. The minimum absolute atomic E-state index is 0.273. The van der Waals surface area contributed by atoms with E-state index in [1.54, 1.807) is 0 Å². The molecule has 0 bridgehead atoms. The monoisotopic (exact) mass is 382 g/mol. The maximum atomic E-state index is 6.21. The lowest BCUT2D eigenvalue weighted by atomic mass is 9.85. The van der Waals surface area contributed by atoms with Gasteiger partial charge < -0.3 is 4.43 Å². The van der Waals surface area contributed by atoms with Crippen LogP contribution < -0.4 is 0 Å². The Bertz CT molecular complexity index is 223. The fourth-order valence-electron chi connectivity index (χ4n) is 2.12. The van der Waals surface area contributed by atoms with E-state index in [2.05, 4.69) is 69.1 Å². The van der Waals surface area contributed by atoms with Gasteiger partial charge in [0.25, 0.3) is 0 Å². The molecule has 108 valence electrons. The summed E-state index contributed by atoms with van der Waals surface area (Å²) in [4.78, 5) is 0. The fourth-order valence-corrected chi connectivity index (χ4v) is 4.12. The normalized spacial score (nSPS) is 15.7. The molecule has 0 aromatic heterocycles. The maximum Gasteiger partial charge on any atom is 0.171 e. The molecule has 0 radical (unpaired) electrons. The van der Waals surface area contributed by atoms with Crippen molar-refractivity contribution < 1.29 is 4.43 Å². The molecule has 0 N–H and O–H groups in total. The minimum atomic E-state index is -0.934. The van der Waals surface area contributed by atoms with E-state index in [1.165, 1.54) is 23.7 Å². The molecule has 0 amide bonds.